The zero-order chi connectivity index (χ0) is 15.6. The van der Waals surface area contributed by atoms with E-state index in [2.05, 4.69) is 33.1 Å². The number of aromatic nitrogens is 2. The van der Waals surface area contributed by atoms with Gasteiger partial charge in [-0.3, -0.25) is 14.9 Å². The van der Waals surface area contributed by atoms with Gasteiger partial charge in [-0.25, -0.2) is 0 Å². The summed E-state index contributed by atoms with van der Waals surface area (Å²) >= 11 is 1.68. The van der Waals surface area contributed by atoms with E-state index in [1.165, 1.54) is 15.8 Å². The van der Waals surface area contributed by atoms with Crippen LogP contribution >= 0.6 is 11.3 Å². The summed E-state index contributed by atoms with van der Waals surface area (Å²) in [6.45, 7) is 2.55. The summed E-state index contributed by atoms with van der Waals surface area (Å²) in [7, 11) is 0. The molecule has 3 heterocycles. The Kier molecular flexibility index (Phi) is 4.08. The lowest BCUT2D eigenvalue weighted by atomic mass is 9.94. The first-order chi connectivity index (χ1) is 11.3. The molecule has 1 aromatic carbocycles. The van der Waals surface area contributed by atoms with Gasteiger partial charge in [-0.2, -0.15) is 0 Å². The molecule has 0 unspecified atom stereocenters. The lowest BCUT2D eigenvalue weighted by Crippen LogP contribution is -2.20. The van der Waals surface area contributed by atoms with E-state index in [9.17, 15) is 5.11 Å². The zero-order valence-corrected chi connectivity index (χ0v) is 13.6. The van der Waals surface area contributed by atoms with Crippen LogP contribution in [-0.2, 0) is 13.0 Å². The van der Waals surface area contributed by atoms with Crippen molar-refractivity contribution in [2.75, 3.05) is 13.1 Å². The van der Waals surface area contributed by atoms with E-state index in [-0.39, 0.29) is 12.0 Å². The Balaban J connectivity index is 1.50. The number of β-amino-alcohol motifs (C(OH)–C–C–N with tert-alkyl or cyclic N) is 1. The Bertz CT molecular complexity index is 785. The van der Waals surface area contributed by atoms with Crippen molar-refractivity contribution in [2.45, 2.75) is 19.1 Å². The van der Waals surface area contributed by atoms with E-state index in [0.717, 1.165) is 31.6 Å². The van der Waals surface area contributed by atoms with Gasteiger partial charge in [0.1, 0.15) is 0 Å². The Morgan fingerprint density at radius 2 is 2.13 bits per heavy atom. The van der Waals surface area contributed by atoms with E-state index >= 15 is 0 Å². The van der Waals surface area contributed by atoms with Crippen LogP contribution in [0.25, 0.3) is 10.9 Å². The Morgan fingerprint density at radius 3 is 3.00 bits per heavy atom. The molecule has 1 fully saturated rings. The molecule has 1 aliphatic heterocycles. The number of fused-ring (bicyclic) bond motifs is 1. The molecule has 4 nitrogen and oxygen atoms in total. The molecule has 4 rings (SSSR count). The molecule has 1 aliphatic rings. The van der Waals surface area contributed by atoms with E-state index in [4.69, 9.17) is 0 Å². The van der Waals surface area contributed by atoms with Crippen molar-refractivity contribution < 1.29 is 5.11 Å². The minimum Gasteiger partial charge on any atom is -0.391 e. The standard InChI is InChI=1S/C18H19N3OS/c22-18-11-21(10-15-8-19-12-23-15)9-14(18)7-13-5-6-20-17-4-2-1-3-16(13)17/h1-6,8,12,14,18,22H,7,9-11H2/t14-,18-/m1/s1. The van der Waals surface area contributed by atoms with Gasteiger partial charge in [0.2, 0.25) is 0 Å². The summed E-state index contributed by atoms with van der Waals surface area (Å²) in [4.78, 5) is 12.1. The van der Waals surface area contributed by atoms with Crippen LogP contribution < -0.4 is 0 Å². The lowest BCUT2D eigenvalue weighted by molar-refractivity contribution is 0.141. The van der Waals surface area contributed by atoms with Crippen LogP contribution in [0.4, 0.5) is 0 Å². The van der Waals surface area contributed by atoms with Crippen LogP contribution in [0.3, 0.4) is 0 Å². The number of aliphatic hydroxyl groups excluding tert-OH is 1. The highest BCUT2D eigenvalue weighted by Gasteiger charge is 2.31. The van der Waals surface area contributed by atoms with E-state index < -0.39 is 0 Å². The maximum absolute atomic E-state index is 10.5. The third-order valence-electron chi connectivity index (χ3n) is 4.57. The molecule has 23 heavy (non-hydrogen) atoms. The number of aliphatic hydroxyl groups is 1. The monoisotopic (exact) mass is 325 g/mol. The Labute approximate surface area is 139 Å². The van der Waals surface area contributed by atoms with Crippen molar-refractivity contribution >= 4 is 22.2 Å². The van der Waals surface area contributed by atoms with Gasteiger partial charge in [0.05, 0.1) is 17.1 Å². The summed E-state index contributed by atoms with van der Waals surface area (Å²) in [5.74, 6) is 0.272. The third kappa shape index (κ3) is 3.13. The molecule has 5 heteroatoms. The minimum atomic E-state index is -0.269. The van der Waals surface area contributed by atoms with Crippen molar-refractivity contribution in [2.24, 2.45) is 5.92 Å². The molecule has 1 saturated heterocycles. The number of rotatable bonds is 4. The maximum Gasteiger partial charge on any atom is 0.0794 e. The topological polar surface area (TPSA) is 49.2 Å². The first-order valence-corrected chi connectivity index (χ1v) is 8.78. The van der Waals surface area contributed by atoms with Crippen LogP contribution in [0.15, 0.2) is 48.2 Å². The summed E-state index contributed by atoms with van der Waals surface area (Å²) < 4.78 is 0. The number of nitrogens with zero attached hydrogens (tertiary/aromatic N) is 3. The normalized spacial score (nSPS) is 22.0. The van der Waals surface area contributed by atoms with Crippen molar-refractivity contribution in [1.82, 2.24) is 14.9 Å². The summed E-state index contributed by atoms with van der Waals surface area (Å²) in [6, 6.07) is 10.3. The van der Waals surface area contributed by atoms with Crippen molar-refractivity contribution in [3.8, 4) is 0 Å². The highest BCUT2D eigenvalue weighted by molar-refractivity contribution is 7.09. The predicted octanol–water partition coefficient (Wildman–Crippen LogP) is 2.73. The molecule has 0 radical (unpaired) electrons. The number of benzene rings is 1. The number of para-hydroxylation sites is 1. The van der Waals surface area contributed by atoms with E-state index in [1.54, 1.807) is 11.3 Å². The van der Waals surface area contributed by atoms with Crippen LogP contribution in [0.5, 0.6) is 0 Å². The molecular formula is C18H19N3OS. The van der Waals surface area contributed by atoms with Crippen molar-refractivity contribution in [1.29, 1.82) is 0 Å². The van der Waals surface area contributed by atoms with Crippen LogP contribution in [-0.4, -0.2) is 39.2 Å². The van der Waals surface area contributed by atoms with Crippen molar-refractivity contribution in [3.05, 3.63) is 58.7 Å². The summed E-state index contributed by atoms with van der Waals surface area (Å²) in [5, 5.41) is 11.6. The number of likely N-dealkylation sites (tertiary alicyclic amines) is 1. The Morgan fingerprint density at radius 1 is 1.22 bits per heavy atom. The quantitative estimate of drug-likeness (QED) is 0.801. The molecule has 0 aliphatic carbocycles. The second-order valence-corrected chi connectivity index (χ2v) is 7.15. The molecule has 0 bridgehead atoms. The fourth-order valence-corrected chi connectivity index (χ4v) is 4.06. The number of hydrogen-bond donors (Lipinski definition) is 1. The number of pyridine rings is 1. The summed E-state index contributed by atoms with van der Waals surface area (Å²) in [6.07, 6.45) is 4.41. The van der Waals surface area contributed by atoms with E-state index in [0.29, 0.717) is 0 Å². The molecule has 0 spiro atoms. The van der Waals surface area contributed by atoms with Gasteiger partial charge in [0, 0.05) is 48.2 Å². The molecule has 118 valence electrons. The first kappa shape index (κ1) is 14.8. The van der Waals surface area contributed by atoms with Crippen LogP contribution in [0.1, 0.15) is 10.4 Å². The van der Waals surface area contributed by atoms with Gasteiger partial charge in [0.25, 0.3) is 0 Å². The maximum atomic E-state index is 10.5. The first-order valence-electron chi connectivity index (χ1n) is 7.90. The largest absolute Gasteiger partial charge is 0.391 e. The molecule has 2 aromatic heterocycles. The minimum absolute atomic E-state index is 0.269. The van der Waals surface area contributed by atoms with Crippen molar-refractivity contribution in [3.63, 3.8) is 0 Å². The molecular weight excluding hydrogens is 306 g/mol. The second kappa shape index (κ2) is 6.35. The molecule has 3 aromatic rings. The molecule has 0 saturated carbocycles. The smallest absolute Gasteiger partial charge is 0.0794 e. The fourth-order valence-electron chi connectivity index (χ4n) is 3.43. The molecule has 0 amide bonds. The number of hydrogen-bond acceptors (Lipinski definition) is 5. The average Bonchev–Trinajstić information content (AvgIpc) is 3.18. The molecule has 2 atom stereocenters. The second-order valence-electron chi connectivity index (χ2n) is 6.18. The number of thiazole rings is 1. The van der Waals surface area contributed by atoms with Crippen LogP contribution in [0, 0.1) is 5.92 Å². The van der Waals surface area contributed by atoms with Gasteiger partial charge in [-0.05, 0) is 24.1 Å². The molecule has 1 N–H and O–H groups in total. The predicted molar refractivity (Wildman–Crippen MR) is 92.3 cm³/mol. The van der Waals surface area contributed by atoms with Crippen LogP contribution in [0.2, 0.25) is 0 Å². The van der Waals surface area contributed by atoms with Gasteiger partial charge >= 0.3 is 0 Å². The van der Waals surface area contributed by atoms with E-state index in [1.807, 2.05) is 30.0 Å². The highest BCUT2D eigenvalue weighted by atomic mass is 32.1. The lowest BCUT2D eigenvalue weighted by Gasteiger charge is -2.15. The zero-order valence-electron chi connectivity index (χ0n) is 12.8. The fraction of sp³-hybridized carbons (Fsp3) is 0.333. The van der Waals surface area contributed by atoms with Gasteiger partial charge in [-0.15, -0.1) is 11.3 Å². The van der Waals surface area contributed by atoms with Gasteiger partial charge in [-0.1, -0.05) is 18.2 Å². The van der Waals surface area contributed by atoms with Gasteiger partial charge < -0.3 is 5.11 Å². The highest BCUT2D eigenvalue weighted by Crippen LogP contribution is 2.26. The summed E-state index contributed by atoms with van der Waals surface area (Å²) in [5.41, 5.74) is 4.17. The van der Waals surface area contributed by atoms with Gasteiger partial charge in [0.15, 0.2) is 0 Å². The third-order valence-corrected chi connectivity index (χ3v) is 5.33. The SMILES string of the molecule is O[C@@H]1CN(Cc2cncs2)C[C@H]1Cc1ccnc2ccccc12. The Hall–Kier alpha value is -1.82. The average molecular weight is 325 g/mol.